The Labute approximate surface area is 237 Å². The molecule has 208 valence electrons. The number of hydrogen-bond acceptors (Lipinski definition) is 8. The number of carbonyl (C=O) groups is 2. The largest absolute Gasteiger partial charge is 0.444 e. The van der Waals surface area contributed by atoms with Crippen LogP contribution in [-0.2, 0) is 29.2 Å². The van der Waals surface area contributed by atoms with Crippen LogP contribution in [0, 0.1) is 5.82 Å². The minimum atomic E-state index is -0.687. The zero-order chi connectivity index (χ0) is 28.6. The number of ether oxygens (including phenoxy) is 2. The third kappa shape index (κ3) is 5.80. The second-order valence-corrected chi connectivity index (χ2v) is 11.2. The van der Waals surface area contributed by atoms with Crippen molar-refractivity contribution in [1.29, 1.82) is 0 Å². The second-order valence-electron chi connectivity index (χ2n) is 10.3. The van der Waals surface area contributed by atoms with Gasteiger partial charge in [-0.2, -0.15) is 0 Å². The summed E-state index contributed by atoms with van der Waals surface area (Å²) in [6.07, 6.45) is 5.45. The molecule has 1 aliphatic heterocycles. The Kier molecular flexibility index (Phi) is 7.51. The molecule has 0 saturated carbocycles. The monoisotopic (exact) mass is 611 g/mol. The molecule has 0 aliphatic carbocycles. The van der Waals surface area contributed by atoms with Crippen molar-refractivity contribution in [3.8, 4) is 0 Å². The minimum absolute atomic E-state index is 0.0969. The summed E-state index contributed by atoms with van der Waals surface area (Å²) in [5.74, 6) is -0.669. The maximum Gasteiger partial charge on any atom is 0.413 e. The predicted octanol–water partition coefficient (Wildman–Crippen LogP) is 5.43. The number of carbonyl (C=O) groups excluding carboxylic acids is 2. The highest BCUT2D eigenvalue weighted by atomic mass is 79.9. The lowest BCUT2D eigenvalue weighted by atomic mass is 10.1. The van der Waals surface area contributed by atoms with E-state index < -0.39 is 29.5 Å². The van der Waals surface area contributed by atoms with Crippen LogP contribution in [0.2, 0.25) is 0 Å². The van der Waals surface area contributed by atoms with E-state index in [-0.39, 0.29) is 31.1 Å². The van der Waals surface area contributed by atoms with E-state index in [0.29, 0.717) is 32.6 Å². The van der Waals surface area contributed by atoms with Gasteiger partial charge in [0, 0.05) is 34.2 Å². The van der Waals surface area contributed by atoms with Crippen molar-refractivity contribution in [2.75, 3.05) is 5.32 Å². The molecule has 0 saturated heterocycles. The molecule has 40 heavy (non-hydrogen) atoms. The average molecular weight is 612 g/mol. The van der Waals surface area contributed by atoms with Gasteiger partial charge in [-0.05, 0) is 55.8 Å². The molecular formula is C27H27BrFN7O4. The van der Waals surface area contributed by atoms with Crippen LogP contribution in [0.25, 0.3) is 11.0 Å². The van der Waals surface area contributed by atoms with Crippen LogP contribution in [0.15, 0.2) is 41.4 Å². The van der Waals surface area contributed by atoms with Gasteiger partial charge in [0.2, 0.25) is 0 Å². The first kappa shape index (κ1) is 27.6. The van der Waals surface area contributed by atoms with Gasteiger partial charge in [0.15, 0.2) is 0 Å². The Morgan fingerprint density at radius 3 is 2.67 bits per heavy atom. The van der Waals surface area contributed by atoms with Crippen molar-refractivity contribution in [3.63, 3.8) is 0 Å². The minimum Gasteiger partial charge on any atom is -0.444 e. The Balaban J connectivity index is 1.52. The molecule has 1 aliphatic rings. The third-order valence-electron chi connectivity index (χ3n) is 6.27. The molecule has 0 spiro atoms. The highest BCUT2D eigenvalue weighted by Crippen LogP contribution is 2.34. The first-order valence-corrected chi connectivity index (χ1v) is 13.3. The smallest absolute Gasteiger partial charge is 0.413 e. The lowest BCUT2D eigenvalue weighted by molar-refractivity contribution is 0.0632. The number of nitrogens with one attached hydrogen (secondary N) is 2. The number of nitrogens with zero attached hydrogens (tertiary/aromatic N) is 5. The quantitative estimate of drug-likeness (QED) is 0.294. The fourth-order valence-corrected chi connectivity index (χ4v) is 4.68. The normalized spacial score (nSPS) is 13.7. The Morgan fingerprint density at radius 1 is 1.20 bits per heavy atom. The number of halogens is 2. The van der Waals surface area contributed by atoms with Gasteiger partial charge in [-0.15, -0.1) is 0 Å². The lowest BCUT2D eigenvalue weighted by Crippen LogP contribution is -2.34. The fourth-order valence-electron chi connectivity index (χ4n) is 4.38. The number of fused-ring (bicyclic) bond motifs is 3. The van der Waals surface area contributed by atoms with Crippen molar-refractivity contribution >= 4 is 44.8 Å². The van der Waals surface area contributed by atoms with Gasteiger partial charge >= 0.3 is 6.09 Å². The molecular weight excluding hydrogens is 585 g/mol. The summed E-state index contributed by atoms with van der Waals surface area (Å²) in [5.41, 5.74) is 2.71. The molecule has 0 bridgehead atoms. The van der Waals surface area contributed by atoms with E-state index in [9.17, 15) is 14.0 Å². The highest BCUT2D eigenvalue weighted by Gasteiger charge is 2.30. The maximum absolute atomic E-state index is 14.8. The molecule has 4 aromatic rings. The van der Waals surface area contributed by atoms with Gasteiger partial charge in [0.05, 0.1) is 54.4 Å². The fraction of sp³-hybridized carbons (Fsp3) is 0.333. The lowest BCUT2D eigenvalue weighted by Gasteiger charge is -2.28. The van der Waals surface area contributed by atoms with Gasteiger partial charge < -0.3 is 19.4 Å². The van der Waals surface area contributed by atoms with Crippen molar-refractivity contribution in [3.05, 3.63) is 75.4 Å². The van der Waals surface area contributed by atoms with Crippen molar-refractivity contribution in [2.24, 2.45) is 0 Å². The van der Waals surface area contributed by atoms with Crippen LogP contribution in [0.1, 0.15) is 66.7 Å². The molecule has 5 heterocycles. The average Bonchev–Trinajstić information content (AvgIpc) is 3.54. The number of rotatable bonds is 6. The number of pyridine rings is 2. The molecule has 1 atom stereocenters. The Bertz CT molecular complexity index is 1590. The predicted molar refractivity (Wildman–Crippen MR) is 147 cm³/mol. The van der Waals surface area contributed by atoms with Crippen LogP contribution >= 0.6 is 15.9 Å². The number of aromatic amines is 1. The van der Waals surface area contributed by atoms with E-state index in [1.807, 2.05) is 0 Å². The highest BCUT2D eigenvalue weighted by molar-refractivity contribution is 9.10. The molecule has 13 heteroatoms. The van der Waals surface area contributed by atoms with Crippen LogP contribution in [0.3, 0.4) is 0 Å². The van der Waals surface area contributed by atoms with Crippen LogP contribution in [0.4, 0.5) is 15.0 Å². The van der Waals surface area contributed by atoms with Gasteiger partial charge in [0.25, 0.3) is 5.91 Å². The zero-order valence-corrected chi connectivity index (χ0v) is 23.9. The topological polar surface area (TPSA) is 135 Å². The summed E-state index contributed by atoms with van der Waals surface area (Å²) in [6.45, 7) is 7.49. The first-order valence-electron chi connectivity index (χ1n) is 12.5. The molecule has 2 amide bonds. The Morgan fingerprint density at radius 2 is 1.98 bits per heavy atom. The number of amides is 2. The van der Waals surface area contributed by atoms with Crippen LogP contribution in [-0.4, -0.2) is 47.4 Å². The van der Waals surface area contributed by atoms with E-state index >= 15 is 0 Å². The third-order valence-corrected chi connectivity index (χ3v) is 6.70. The van der Waals surface area contributed by atoms with Gasteiger partial charge in [0.1, 0.15) is 22.9 Å². The number of aromatic nitrogens is 5. The standard InChI is InChI=1S/C27H27BrFN7O4/c1-14(21-10-30-5-6-31-21)36(11-22-18(29)7-15(28)9-32-22)25(37)20-8-19-23(33-20)16-12-39-13-17(16)24(34-19)35-26(38)40-27(2,3)4/h5-10,14,33H,11-13H2,1-4H3,(H,34,35,38). The molecule has 11 nitrogen and oxygen atoms in total. The van der Waals surface area contributed by atoms with E-state index in [2.05, 4.69) is 46.2 Å². The van der Waals surface area contributed by atoms with E-state index in [0.717, 1.165) is 5.56 Å². The second kappa shape index (κ2) is 10.9. The number of hydrogen-bond donors (Lipinski definition) is 2. The van der Waals surface area contributed by atoms with Gasteiger partial charge in [-0.25, -0.2) is 14.2 Å². The van der Waals surface area contributed by atoms with Crippen LogP contribution < -0.4 is 5.32 Å². The first-order chi connectivity index (χ1) is 19.0. The summed E-state index contributed by atoms with van der Waals surface area (Å²) in [4.78, 5) is 48.3. The molecule has 1 unspecified atom stereocenters. The van der Waals surface area contributed by atoms with Crippen molar-refractivity contribution in [1.82, 2.24) is 29.8 Å². The molecule has 0 fully saturated rings. The zero-order valence-electron chi connectivity index (χ0n) is 22.3. The summed E-state index contributed by atoms with van der Waals surface area (Å²) in [5, 5.41) is 2.70. The number of anilines is 1. The van der Waals surface area contributed by atoms with Crippen LogP contribution in [0.5, 0.6) is 0 Å². The van der Waals surface area contributed by atoms with E-state index in [1.165, 1.54) is 29.6 Å². The van der Waals surface area contributed by atoms with Crippen molar-refractivity contribution in [2.45, 2.75) is 59.1 Å². The van der Waals surface area contributed by atoms with E-state index in [1.54, 1.807) is 40.0 Å². The summed E-state index contributed by atoms with van der Waals surface area (Å²) < 4.78 is 26.3. The maximum atomic E-state index is 14.8. The number of H-pyrrole nitrogens is 1. The van der Waals surface area contributed by atoms with Gasteiger partial charge in [-0.3, -0.25) is 25.1 Å². The van der Waals surface area contributed by atoms with Crippen molar-refractivity contribution < 1.29 is 23.5 Å². The summed E-state index contributed by atoms with van der Waals surface area (Å²) >= 11 is 3.22. The summed E-state index contributed by atoms with van der Waals surface area (Å²) in [6, 6.07) is 2.33. The Hall–Kier alpha value is -3.97. The van der Waals surface area contributed by atoms with E-state index in [4.69, 9.17) is 9.47 Å². The van der Waals surface area contributed by atoms with Gasteiger partial charge in [-0.1, -0.05) is 0 Å². The molecule has 0 aromatic carbocycles. The summed E-state index contributed by atoms with van der Waals surface area (Å²) in [7, 11) is 0. The molecule has 0 radical (unpaired) electrons. The SMILES string of the molecule is CC(c1cnccn1)N(Cc1ncc(Br)cc1F)C(=O)c1cc2nc(NC(=O)OC(C)(C)C)c3c(c2[nH]1)COC3. The molecule has 2 N–H and O–H groups in total. The molecule has 4 aromatic heterocycles. The molecule has 5 rings (SSSR count).